The molecule has 18 heavy (non-hydrogen) atoms. The minimum Gasteiger partial charge on any atom is -0.336 e. The Labute approximate surface area is 110 Å². The van der Waals surface area contributed by atoms with E-state index in [0.717, 1.165) is 25.7 Å². The molecule has 0 aromatic heterocycles. The highest BCUT2D eigenvalue weighted by atomic mass is 16.2. The van der Waals surface area contributed by atoms with E-state index in [2.05, 4.69) is 11.5 Å². The van der Waals surface area contributed by atoms with E-state index in [1.165, 1.54) is 25.7 Å². The number of hydrogen-bond acceptors (Lipinski definition) is 2. The van der Waals surface area contributed by atoms with E-state index in [9.17, 15) is 4.79 Å². The van der Waals surface area contributed by atoms with Crippen molar-refractivity contribution in [1.29, 1.82) is 0 Å². The predicted molar refractivity (Wildman–Crippen MR) is 74.1 cm³/mol. The fourth-order valence-electron chi connectivity index (χ4n) is 3.46. The molecule has 0 bridgehead atoms. The first-order valence-electron chi connectivity index (χ1n) is 7.39. The molecule has 2 aliphatic rings. The zero-order valence-corrected chi connectivity index (χ0v) is 11.3. The average Bonchev–Trinajstić information content (AvgIpc) is 2.89. The van der Waals surface area contributed by atoms with Gasteiger partial charge in [-0.2, -0.15) is 0 Å². The van der Waals surface area contributed by atoms with Gasteiger partial charge in [0.15, 0.2) is 0 Å². The second kappa shape index (κ2) is 6.37. The van der Waals surface area contributed by atoms with E-state index < -0.39 is 0 Å². The van der Waals surface area contributed by atoms with Crippen LogP contribution in [0, 0.1) is 5.92 Å². The van der Waals surface area contributed by atoms with Crippen LogP contribution in [0.4, 0.5) is 0 Å². The van der Waals surface area contributed by atoms with Gasteiger partial charge in [0.25, 0.3) is 0 Å². The Morgan fingerprint density at radius 3 is 2.56 bits per heavy atom. The normalized spacial score (nSPS) is 29.2. The van der Waals surface area contributed by atoms with Gasteiger partial charge >= 0.3 is 0 Å². The summed E-state index contributed by atoms with van der Waals surface area (Å²) in [5.41, 5.74) is 6.00. The summed E-state index contributed by atoms with van der Waals surface area (Å²) in [6.45, 7) is 4.50. The van der Waals surface area contributed by atoms with Crippen molar-refractivity contribution in [2.45, 2.75) is 63.5 Å². The van der Waals surface area contributed by atoms with Crippen LogP contribution < -0.4 is 5.73 Å². The van der Waals surface area contributed by atoms with Crippen LogP contribution in [-0.2, 0) is 4.79 Å². The Kier molecular flexibility index (Phi) is 4.81. The SMILES string of the molecule is C=CCN(C(=O)C1CCCC(N)C1)C1CCCC1. The third-order valence-electron chi connectivity index (χ3n) is 4.44. The summed E-state index contributed by atoms with van der Waals surface area (Å²) in [7, 11) is 0. The van der Waals surface area contributed by atoms with Crippen LogP contribution in [0.25, 0.3) is 0 Å². The molecule has 2 saturated carbocycles. The lowest BCUT2D eigenvalue weighted by Gasteiger charge is -2.34. The fourth-order valence-corrected chi connectivity index (χ4v) is 3.46. The van der Waals surface area contributed by atoms with Crippen molar-refractivity contribution in [1.82, 2.24) is 4.90 Å². The van der Waals surface area contributed by atoms with Crippen molar-refractivity contribution in [2.75, 3.05) is 6.54 Å². The maximum absolute atomic E-state index is 12.6. The average molecular weight is 250 g/mol. The molecule has 0 radical (unpaired) electrons. The smallest absolute Gasteiger partial charge is 0.226 e. The van der Waals surface area contributed by atoms with Gasteiger partial charge in [-0.15, -0.1) is 6.58 Å². The summed E-state index contributed by atoms with van der Waals surface area (Å²) in [5, 5.41) is 0. The van der Waals surface area contributed by atoms with Crippen molar-refractivity contribution in [3.63, 3.8) is 0 Å². The molecule has 0 aliphatic heterocycles. The third-order valence-corrected chi connectivity index (χ3v) is 4.44. The van der Waals surface area contributed by atoms with Crippen LogP contribution >= 0.6 is 0 Å². The molecule has 0 spiro atoms. The number of nitrogens with two attached hydrogens (primary N) is 1. The second-order valence-electron chi connectivity index (χ2n) is 5.84. The van der Waals surface area contributed by atoms with Gasteiger partial charge < -0.3 is 10.6 Å². The lowest BCUT2D eigenvalue weighted by molar-refractivity contribution is -0.138. The molecule has 0 saturated heterocycles. The van der Waals surface area contributed by atoms with Crippen molar-refractivity contribution in [3.05, 3.63) is 12.7 Å². The van der Waals surface area contributed by atoms with E-state index in [1.54, 1.807) is 0 Å². The van der Waals surface area contributed by atoms with Crippen molar-refractivity contribution < 1.29 is 4.79 Å². The largest absolute Gasteiger partial charge is 0.336 e. The van der Waals surface area contributed by atoms with Crippen LogP contribution in [0.3, 0.4) is 0 Å². The fraction of sp³-hybridized carbons (Fsp3) is 0.800. The first kappa shape index (κ1) is 13.6. The van der Waals surface area contributed by atoms with E-state index in [-0.39, 0.29) is 12.0 Å². The van der Waals surface area contributed by atoms with Gasteiger partial charge in [0, 0.05) is 24.5 Å². The molecule has 102 valence electrons. The molecule has 0 aromatic carbocycles. The molecule has 3 nitrogen and oxygen atoms in total. The van der Waals surface area contributed by atoms with Gasteiger partial charge in [-0.25, -0.2) is 0 Å². The lowest BCUT2D eigenvalue weighted by atomic mass is 9.85. The van der Waals surface area contributed by atoms with Crippen LogP contribution in [-0.4, -0.2) is 29.4 Å². The number of nitrogens with zero attached hydrogens (tertiary/aromatic N) is 1. The van der Waals surface area contributed by atoms with E-state index in [4.69, 9.17) is 5.73 Å². The Balaban J connectivity index is 1.99. The number of hydrogen-bond donors (Lipinski definition) is 1. The van der Waals surface area contributed by atoms with Crippen molar-refractivity contribution in [3.8, 4) is 0 Å². The van der Waals surface area contributed by atoms with Crippen molar-refractivity contribution >= 4 is 5.91 Å². The highest BCUT2D eigenvalue weighted by molar-refractivity contribution is 5.79. The number of carbonyl (C=O) groups is 1. The Morgan fingerprint density at radius 2 is 1.94 bits per heavy atom. The molecule has 2 unspecified atom stereocenters. The summed E-state index contributed by atoms with van der Waals surface area (Å²) < 4.78 is 0. The van der Waals surface area contributed by atoms with E-state index in [0.29, 0.717) is 18.5 Å². The second-order valence-corrected chi connectivity index (χ2v) is 5.84. The molecular formula is C15H26N2O. The van der Waals surface area contributed by atoms with Crippen molar-refractivity contribution in [2.24, 2.45) is 11.7 Å². The summed E-state index contributed by atoms with van der Waals surface area (Å²) >= 11 is 0. The van der Waals surface area contributed by atoms with Gasteiger partial charge in [-0.05, 0) is 32.1 Å². The number of carbonyl (C=O) groups excluding carboxylic acids is 1. The van der Waals surface area contributed by atoms with Crippen LogP contribution in [0.1, 0.15) is 51.4 Å². The molecule has 1 amide bonds. The first-order chi connectivity index (χ1) is 8.72. The standard InChI is InChI=1S/C15H26N2O/c1-2-10-17(14-8-3-4-9-14)15(18)12-6-5-7-13(16)11-12/h2,12-14H,1,3-11,16H2. The minimum absolute atomic E-state index is 0.161. The maximum atomic E-state index is 12.6. The van der Waals surface area contributed by atoms with Gasteiger partial charge in [0.2, 0.25) is 5.91 Å². The zero-order valence-electron chi connectivity index (χ0n) is 11.3. The van der Waals surface area contributed by atoms with E-state index >= 15 is 0 Å². The van der Waals surface area contributed by atoms with Crippen LogP contribution in [0.15, 0.2) is 12.7 Å². The molecule has 2 aliphatic carbocycles. The van der Waals surface area contributed by atoms with E-state index in [1.807, 2.05) is 6.08 Å². The molecule has 2 N–H and O–H groups in total. The van der Waals surface area contributed by atoms with Crippen LogP contribution in [0.5, 0.6) is 0 Å². The maximum Gasteiger partial charge on any atom is 0.226 e. The third kappa shape index (κ3) is 3.14. The molecule has 2 rings (SSSR count). The first-order valence-corrected chi connectivity index (χ1v) is 7.39. The summed E-state index contributed by atoms with van der Waals surface area (Å²) in [4.78, 5) is 14.7. The molecular weight excluding hydrogens is 224 g/mol. The van der Waals surface area contributed by atoms with Crippen LogP contribution in [0.2, 0.25) is 0 Å². The van der Waals surface area contributed by atoms with Gasteiger partial charge in [0.1, 0.15) is 0 Å². The highest BCUT2D eigenvalue weighted by Gasteiger charge is 2.32. The number of amides is 1. The molecule has 2 atom stereocenters. The quantitative estimate of drug-likeness (QED) is 0.779. The van der Waals surface area contributed by atoms with Gasteiger partial charge in [0.05, 0.1) is 0 Å². The molecule has 2 fully saturated rings. The summed E-state index contributed by atoms with van der Waals surface area (Å²) in [6, 6.07) is 0.676. The van der Waals surface area contributed by atoms with Gasteiger partial charge in [-0.3, -0.25) is 4.79 Å². The minimum atomic E-state index is 0.161. The Bertz CT molecular complexity index is 297. The monoisotopic (exact) mass is 250 g/mol. The lowest BCUT2D eigenvalue weighted by Crippen LogP contribution is -2.45. The van der Waals surface area contributed by atoms with Gasteiger partial charge in [-0.1, -0.05) is 25.3 Å². The summed E-state index contributed by atoms with van der Waals surface area (Å²) in [6.07, 6.45) is 10.8. The zero-order chi connectivity index (χ0) is 13.0. The summed E-state index contributed by atoms with van der Waals surface area (Å²) in [5.74, 6) is 0.492. The highest BCUT2D eigenvalue weighted by Crippen LogP contribution is 2.29. The molecule has 0 aromatic rings. The molecule has 0 heterocycles. The topological polar surface area (TPSA) is 46.3 Å². The predicted octanol–water partition coefficient (Wildman–Crippen LogP) is 2.46. The number of rotatable bonds is 4. The Hall–Kier alpha value is -0.830. The Morgan fingerprint density at radius 1 is 1.22 bits per heavy atom. The molecule has 3 heteroatoms.